The summed E-state index contributed by atoms with van der Waals surface area (Å²) < 4.78 is 10.6. The third-order valence-corrected chi connectivity index (χ3v) is 2.90. The Morgan fingerprint density at radius 1 is 1.37 bits per heavy atom. The molecule has 110 valence electrons. The second-order valence-electron chi connectivity index (χ2n) is 6.10. The third kappa shape index (κ3) is 4.38. The van der Waals surface area contributed by atoms with Gasteiger partial charge in [-0.05, 0) is 26.7 Å². The first-order chi connectivity index (χ1) is 8.61. The number of ether oxygens (including phenoxy) is 2. The van der Waals surface area contributed by atoms with Crippen molar-refractivity contribution in [2.24, 2.45) is 5.92 Å². The van der Waals surface area contributed by atoms with E-state index in [2.05, 4.69) is 0 Å². The van der Waals surface area contributed by atoms with E-state index in [1.165, 1.54) is 4.90 Å². The molecule has 1 N–H and O–H groups in total. The Morgan fingerprint density at radius 3 is 2.37 bits per heavy atom. The van der Waals surface area contributed by atoms with Crippen molar-refractivity contribution < 1.29 is 24.2 Å². The smallest absolute Gasteiger partial charge is 0.410 e. The van der Waals surface area contributed by atoms with Crippen molar-refractivity contribution in [1.29, 1.82) is 0 Å². The van der Waals surface area contributed by atoms with E-state index in [4.69, 9.17) is 14.6 Å². The summed E-state index contributed by atoms with van der Waals surface area (Å²) in [5, 5.41) is 8.99. The van der Waals surface area contributed by atoms with Crippen molar-refractivity contribution in [3.05, 3.63) is 0 Å². The number of morpholine rings is 1. The molecule has 0 spiro atoms. The maximum atomic E-state index is 12.2. The van der Waals surface area contributed by atoms with E-state index in [-0.39, 0.29) is 25.1 Å². The number of carbonyl (C=O) groups is 2. The zero-order valence-electron chi connectivity index (χ0n) is 12.2. The van der Waals surface area contributed by atoms with Gasteiger partial charge in [-0.1, -0.05) is 13.8 Å². The first-order valence-electron chi connectivity index (χ1n) is 6.46. The summed E-state index contributed by atoms with van der Waals surface area (Å²) >= 11 is 0. The first kappa shape index (κ1) is 15.8. The molecule has 6 nitrogen and oxygen atoms in total. The van der Waals surface area contributed by atoms with Crippen molar-refractivity contribution in [1.82, 2.24) is 4.90 Å². The van der Waals surface area contributed by atoms with Crippen LogP contribution >= 0.6 is 0 Å². The van der Waals surface area contributed by atoms with Gasteiger partial charge >= 0.3 is 12.1 Å². The lowest BCUT2D eigenvalue weighted by Crippen LogP contribution is -2.57. The highest BCUT2D eigenvalue weighted by Crippen LogP contribution is 2.21. The van der Waals surface area contributed by atoms with Crippen LogP contribution in [0, 0.1) is 5.92 Å². The average molecular weight is 273 g/mol. The van der Waals surface area contributed by atoms with E-state index in [1.807, 2.05) is 13.8 Å². The van der Waals surface area contributed by atoms with E-state index in [0.717, 1.165) is 0 Å². The van der Waals surface area contributed by atoms with Crippen LogP contribution in [0.1, 0.15) is 34.6 Å². The van der Waals surface area contributed by atoms with Crippen molar-refractivity contribution in [3.63, 3.8) is 0 Å². The number of nitrogens with zero attached hydrogens (tertiary/aromatic N) is 1. The number of aliphatic carboxylic acids is 1. The van der Waals surface area contributed by atoms with Gasteiger partial charge < -0.3 is 14.6 Å². The van der Waals surface area contributed by atoms with E-state index in [1.54, 1.807) is 20.8 Å². The zero-order chi connectivity index (χ0) is 14.8. The van der Waals surface area contributed by atoms with Crippen molar-refractivity contribution in [3.8, 4) is 0 Å². The molecular weight excluding hydrogens is 250 g/mol. The average Bonchev–Trinajstić information content (AvgIpc) is 2.25. The normalized spacial score (nSPS) is 24.4. The molecule has 1 aliphatic heterocycles. The van der Waals surface area contributed by atoms with Crippen LogP contribution in [0.2, 0.25) is 0 Å². The second-order valence-corrected chi connectivity index (χ2v) is 6.10. The molecule has 1 heterocycles. The van der Waals surface area contributed by atoms with E-state index in [0.29, 0.717) is 0 Å². The molecule has 19 heavy (non-hydrogen) atoms. The molecule has 1 rings (SSSR count). The SMILES string of the molecule is CC(C)[C@H]1CO[C@@H](C(=O)O)CN1C(=O)OC(C)(C)C. The summed E-state index contributed by atoms with van der Waals surface area (Å²) in [6, 6.07) is -0.162. The quantitative estimate of drug-likeness (QED) is 0.829. The molecule has 6 heteroatoms. The van der Waals surface area contributed by atoms with Crippen LogP contribution in [-0.4, -0.2) is 53.0 Å². The summed E-state index contributed by atoms with van der Waals surface area (Å²) in [5.41, 5.74) is -0.602. The highest BCUT2D eigenvalue weighted by atomic mass is 16.6. The maximum absolute atomic E-state index is 12.2. The van der Waals surface area contributed by atoms with Gasteiger partial charge in [-0.25, -0.2) is 9.59 Å². The number of hydrogen-bond donors (Lipinski definition) is 1. The van der Waals surface area contributed by atoms with Crippen LogP contribution in [0.3, 0.4) is 0 Å². The third-order valence-electron chi connectivity index (χ3n) is 2.90. The molecule has 1 amide bonds. The molecule has 0 aromatic rings. The van der Waals surface area contributed by atoms with E-state index >= 15 is 0 Å². The van der Waals surface area contributed by atoms with Crippen LogP contribution in [0.5, 0.6) is 0 Å². The molecule has 0 bridgehead atoms. The van der Waals surface area contributed by atoms with Gasteiger partial charge in [-0.3, -0.25) is 4.90 Å². The molecule has 0 saturated carbocycles. The van der Waals surface area contributed by atoms with Crippen molar-refractivity contribution >= 4 is 12.1 Å². The topological polar surface area (TPSA) is 76.1 Å². The lowest BCUT2D eigenvalue weighted by Gasteiger charge is -2.40. The van der Waals surface area contributed by atoms with Crippen LogP contribution in [-0.2, 0) is 14.3 Å². The molecule has 0 aromatic heterocycles. The van der Waals surface area contributed by atoms with Crippen molar-refractivity contribution in [2.75, 3.05) is 13.2 Å². The Bertz CT molecular complexity index is 347. The molecule has 1 fully saturated rings. The van der Waals surface area contributed by atoms with Gasteiger partial charge in [0.25, 0.3) is 0 Å². The standard InChI is InChI=1S/C13H23NO5/c1-8(2)9-7-18-10(11(15)16)6-14(9)12(17)19-13(3,4)5/h8-10H,6-7H2,1-5H3,(H,15,16)/t9-,10-/m1/s1. The molecule has 0 unspecified atom stereocenters. The number of amides is 1. The zero-order valence-corrected chi connectivity index (χ0v) is 12.2. The van der Waals surface area contributed by atoms with Crippen molar-refractivity contribution in [2.45, 2.75) is 52.4 Å². The largest absolute Gasteiger partial charge is 0.479 e. The van der Waals surface area contributed by atoms with Gasteiger partial charge in [0.1, 0.15) is 5.60 Å². The minimum Gasteiger partial charge on any atom is -0.479 e. The van der Waals surface area contributed by atoms with Gasteiger partial charge in [-0.15, -0.1) is 0 Å². The van der Waals surface area contributed by atoms with Gasteiger partial charge in [0.05, 0.1) is 19.2 Å². The van der Waals surface area contributed by atoms with Gasteiger partial charge in [0, 0.05) is 0 Å². The lowest BCUT2D eigenvalue weighted by molar-refractivity contribution is -0.159. The Morgan fingerprint density at radius 2 is 1.95 bits per heavy atom. The monoisotopic (exact) mass is 273 g/mol. The number of carboxylic acid groups (broad SMARTS) is 1. The highest BCUT2D eigenvalue weighted by Gasteiger charge is 2.38. The minimum absolute atomic E-state index is 0.0209. The summed E-state index contributed by atoms with van der Waals surface area (Å²) in [7, 11) is 0. The molecule has 1 aliphatic rings. The van der Waals surface area contributed by atoms with Crippen LogP contribution in [0.15, 0.2) is 0 Å². The molecule has 0 radical (unpaired) electrons. The molecule has 0 aliphatic carbocycles. The molecule has 1 saturated heterocycles. The van der Waals surface area contributed by atoms with Gasteiger partial charge in [0.2, 0.25) is 0 Å². The molecular formula is C13H23NO5. The highest BCUT2D eigenvalue weighted by molar-refractivity contribution is 5.75. The predicted molar refractivity (Wildman–Crippen MR) is 68.9 cm³/mol. The van der Waals surface area contributed by atoms with Gasteiger partial charge in [0.15, 0.2) is 6.10 Å². The van der Waals surface area contributed by atoms with E-state index < -0.39 is 23.8 Å². The first-order valence-corrected chi connectivity index (χ1v) is 6.46. The van der Waals surface area contributed by atoms with Crippen LogP contribution < -0.4 is 0 Å². The number of hydrogen-bond acceptors (Lipinski definition) is 4. The Balaban J connectivity index is 2.82. The maximum Gasteiger partial charge on any atom is 0.410 e. The summed E-state index contributed by atoms with van der Waals surface area (Å²) in [5.74, 6) is -0.891. The molecule has 0 aromatic carbocycles. The van der Waals surface area contributed by atoms with Crippen LogP contribution in [0.4, 0.5) is 4.79 Å². The fraction of sp³-hybridized carbons (Fsp3) is 0.846. The Hall–Kier alpha value is -1.30. The second kappa shape index (κ2) is 5.77. The summed E-state index contributed by atoms with van der Waals surface area (Å²) in [4.78, 5) is 24.6. The fourth-order valence-corrected chi connectivity index (χ4v) is 1.90. The minimum atomic E-state index is -1.06. The lowest BCUT2D eigenvalue weighted by atomic mass is 10.0. The number of carbonyl (C=O) groups excluding carboxylic acids is 1. The molecule has 2 atom stereocenters. The predicted octanol–water partition coefficient (Wildman–Crippen LogP) is 1.73. The van der Waals surface area contributed by atoms with Gasteiger partial charge in [-0.2, -0.15) is 0 Å². The fourth-order valence-electron chi connectivity index (χ4n) is 1.90. The summed E-state index contributed by atoms with van der Waals surface area (Å²) in [6.45, 7) is 9.51. The Kier molecular flexibility index (Phi) is 4.79. The number of carboxylic acids is 1. The summed E-state index contributed by atoms with van der Waals surface area (Å²) in [6.07, 6.45) is -1.47. The van der Waals surface area contributed by atoms with E-state index in [9.17, 15) is 9.59 Å². The number of rotatable bonds is 2. The van der Waals surface area contributed by atoms with Crippen LogP contribution in [0.25, 0.3) is 0 Å². The Labute approximate surface area is 113 Å².